The maximum atomic E-state index is 12.6. The van der Waals surface area contributed by atoms with Gasteiger partial charge in [0.25, 0.3) is 5.91 Å². The van der Waals surface area contributed by atoms with E-state index in [-0.39, 0.29) is 5.91 Å². The van der Waals surface area contributed by atoms with Crippen LogP contribution in [-0.2, 0) is 6.54 Å². The van der Waals surface area contributed by atoms with E-state index in [1.54, 1.807) is 25.1 Å². The molecular formula is C21H23N3O3. The van der Waals surface area contributed by atoms with Crippen molar-refractivity contribution < 1.29 is 4.79 Å². The molecule has 0 aliphatic carbocycles. The molecule has 140 valence electrons. The van der Waals surface area contributed by atoms with Gasteiger partial charge >= 0.3 is 11.1 Å². The van der Waals surface area contributed by atoms with Crippen LogP contribution in [-0.4, -0.2) is 15.5 Å². The van der Waals surface area contributed by atoms with Crippen molar-refractivity contribution in [2.24, 2.45) is 0 Å². The smallest absolute Gasteiger partial charge is 0.316 e. The number of rotatable bonds is 5. The molecule has 1 heterocycles. The van der Waals surface area contributed by atoms with E-state index in [4.69, 9.17) is 0 Å². The van der Waals surface area contributed by atoms with Gasteiger partial charge in [-0.1, -0.05) is 26.0 Å². The van der Waals surface area contributed by atoms with E-state index in [1.807, 2.05) is 24.3 Å². The van der Waals surface area contributed by atoms with Crippen molar-refractivity contribution in [1.82, 2.24) is 9.55 Å². The van der Waals surface area contributed by atoms with Gasteiger partial charge in [0.2, 0.25) is 0 Å². The highest BCUT2D eigenvalue weighted by molar-refractivity contribution is 6.05. The standard InChI is InChI=1S/C21H23N3O3/c1-4-13(3)14-6-9-16(10-7-14)22-19(25)15-8-11-18-17(12-15)23-20(26)21(27)24(18)5-2/h6-13H,4-5H2,1-3H3,(H,22,25)(H,23,26). The van der Waals surface area contributed by atoms with Crippen LogP contribution in [0.15, 0.2) is 52.1 Å². The number of fused-ring (bicyclic) bond motifs is 1. The second-order valence-electron chi connectivity index (χ2n) is 6.62. The first-order valence-electron chi connectivity index (χ1n) is 9.12. The third-order valence-corrected chi connectivity index (χ3v) is 4.90. The topological polar surface area (TPSA) is 84.0 Å². The summed E-state index contributed by atoms with van der Waals surface area (Å²) in [7, 11) is 0. The van der Waals surface area contributed by atoms with Gasteiger partial charge < -0.3 is 14.9 Å². The Morgan fingerprint density at radius 3 is 2.44 bits per heavy atom. The number of aromatic nitrogens is 2. The van der Waals surface area contributed by atoms with Gasteiger partial charge in [0.15, 0.2) is 0 Å². The van der Waals surface area contributed by atoms with E-state index in [9.17, 15) is 14.4 Å². The van der Waals surface area contributed by atoms with Gasteiger partial charge in [0, 0.05) is 17.8 Å². The molecule has 0 saturated heterocycles. The molecule has 3 aromatic rings. The number of nitrogens with one attached hydrogen (secondary N) is 2. The van der Waals surface area contributed by atoms with Gasteiger partial charge in [-0.05, 0) is 55.2 Å². The van der Waals surface area contributed by atoms with Crippen LogP contribution in [0.2, 0.25) is 0 Å². The molecule has 3 rings (SSSR count). The summed E-state index contributed by atoms with van der Waals surface area (Å²) in [5, 5.41) is 2.86. The third-order valence-electron chi connectivity index (χ3n) is 4.90. The highest BCUT2D eigenvalue weighted by atomic mass is 16.2. The Morgan fingerprint density at radius 2 is 1.81 bits per heavy atom. The number of hydrogen-bond acceptors (Lipinski definition) is 3. The van der Waals surface area contributed by atoms with E-state index in [0.717, 1.165) is 6.42 Å². The number of aryl methyl sites for hydroxylation is 1. The zero-order chi connectivity index (χ0) is 19.6. The van der Waals surface area contributed by atoms with E-state index in [1.165, 1.54) is 10.1 Å². The number of carbonyl (C=O) groups is 1. The Morgan fingerprint density at radius 1 is 1.11 bits per heavy atom. The number of anilines is 1. The predicted octanol–water partition coefficient (Wildman–Crippen LogP) is 3.48. The lowest BCUT2D eigenvalue weighted by Gasteiger charge is -2.11. The van der Waals surface area contributed by atoms with Crippen molar-refractivity contribution in [1.29, 1.82) is 0 Å². The largest absolute Gasteiger partial charge is 0.322 e. The van der Waals surface area contributed by atoms with Crippen LogP contribution in [0.5, 0.6) is 0 Å². The summed E-state index contributed by atoms with van der Waals surface area (Å²) >= 11 is 0. The molecule has 0 saturated carbocycles. The first-order valence-corrected chi connectivity index (χ1v) is 9.12. The third kappa shape index (κ3) is 3.69. The molecule has 0 bridgehead atoms. The fraction of sp³-hybridized carbons (Fsp3) is 0.286. The zero-order valence-corrected chi connectivity index (χ0v) is 15.7. The van der Waals surface area contributed by atoms with Gasteiger partial charge in [0.05, 0.1) is 11.0 Å². The Labute approximate surface area is 156 Å². The lowest BCUT2D eigenvalue weighted by molar-refractivity contribution is 0.102. The number of H-pyrrole nitrogens is 1. The van der Waals surface area contributed by atoms with Crippen molar-refractivity contribution >= 4 is 22.6 Å². The maximum absolute atomic E-state index is 12.6. The molecule has 1 atom stereocenters. The number of amides is 1. The summed E-state index contributed by atoms with van der Waals surface area (Å²) in [6, 6.07) is 12.7. The Hall–Kier alpha value is -3.15. The van der Waals surface area contributed by atoms with Crippen LogP contribution in [0.4, 0.5) is 5.69 Å². The van der Waals surface area contributed by atoms with Crippen LogP contribution in [0.3, 0.4) is 0 Å². The van der Waals surface area contributed by atoms with E-state index in [0.29, 0.717) is 34.7 Å². The summed E-state index contributed by atoms with van der Waals surface area (Å²) in [5.74, 6) is 0.200. The van der Waals surface area contributed by atoms with E-state index in [2.05, 4.69) is 24.1 Å². The second kappa shape index (κ2) is 7.61. The molecule has 0 aliphatic rings. The number of carbonyl (C=O) groups excluding carboxylic acids is 1. The Bertz CT molecular complexity index is 1090. The van der Waals surface area contributed by atoms with Gasteiger partial charge in [-0.25, -0.2) is 0 Å². The van der Waals surface area contributed by atoms with Crippen molar-refractivity contribution in [3.05, 3.63) is 74.3 Å². The van der Waals surface area contributed by atoms with Crippen LogP contribution in [0, 0.1) is 0 Å². The molecule has 6 heteroatoms. The van der Waals surface area contributed by atoms with E-state index < -0.39 is 11.1 Å². The minimum atomic E-state index is -0.692. The van der Waals surface area contributed by atoms with E-state index >= 15 is 0 Å². The van der Waals surface area contributed by atoms with Gasteiger partial charge in [-0.2, -0.15) is 0 Å². The van der Waals surface area contributed by atoms with Crippen molar-refractivity contribution in [2.75, 3.05) is 5.32 Å². The highest BCUT2D eigenvalue weighted by Gasteiger charge is 2.11. The molecular weight excluding hydrogens is 342 g/mol. The van der Waals surface area contributed by atoms with Crippen LogP contribution in [0.1, 0.15) is 49.0 Å². The fourth-order valence-electron chi connectivity index (χ4n) is 3.07. The second-order valence-corrected chi connectivity index (χ2v) is 6.62. The number of hydrogen-bond donors (Lipinski definition) is 2. The van der Waals surface area contributed by atoms with Crippen LogP contribution < -0.4 is 16.4 Å². The lowest BCUT2D eigenvalue weighted by atomic mass is 9.98. The van der Waals surface area contributed by atoms with Gasteiger partial charge in [0.1, 0.15) is 0 Å². The zero-order valence-electron chi connectivity index (χ0n) is 15.7. The summed E-state index contributed by atoms with van der Waals surface area (Å²) in [6.45, 7) is 6.49. The number of aromatic amines is 1. The molecule has 2 aromatic carbocycles. The molecule has 2 N–H and O–H groups in total. The first-order chi connectivity index (χ1) is 12.9. The monoisotopic (exact) mass is 365 g/mol. The van der Waals surface area contributed by atoms with Crippen LogP contribution in [0.25, 0.3) is 11.0 Å². The highest BCUT2D eigenvalue weighted by Crippen LogP contribution is 2.21. The molecule has 0 fully saturated rings. The van der Waals surface area contributed by atoms with Gasteiger partial charge in [-0.15, -0.1) is 0 Å². The maximum Gasteiger partial charge on any atom is 0.316 e. The lowest BCUT2D eigenvalue weighted by Crippen LogP contribution is -2.36. The van der Waals surface area contributed by atoms with Crippen molar-refractivity contribution in [3.8, 4) is 0 Å². The van der Waals surface area contributed by atoms with Crippen molar-refractivity contribution in [3.63, 3.8) is 0 Å². The molecule has 1 amide bonds. The van der Waals surface area contributed by atoms with Crippen LogP contribution >= 0.6 is 0 Å². The summed E-state index contributed by atoms with van der Waals surface area (Å²) in [5.41, 5.74) is 2.12. The molecule has 0 spiro atoms. The number of benzene rings is 2. The molecule has 27 heavy (non-hydrogen) atoms. The minimum absolute atomic E-state index is 0.275. The molecule has 1 aromatic heterocycles. The Kier molecular flexibility index (Phi) is 5.26. The minimum Gasteiger partial charge on any atom is -0.322 e. The van der Waals surface area contributed by atoms with Crippen molar-refractivity contribution in [2.45, 2.75) is 39.7 Å². The molecule has 6 nitrogen and oxygen atoms in total. The molecule has 0 radical (unpaired) electrons. The SMILES string of the molecule is CCC(C)c1ccc(NC(=O)c2ccc3c(c2)[nH]c(=O)c(=O)n3CC)cc1. The summed E-state index contributed by atoms with van der Waals surface area (Å²) in [6.07, 6.45) is 1.06. The number of nitrogens with zero attached hydrogens (tertiary/aromatic N) is 1. The molecule has 1 unspecified atom stereocenters. The predicted molar refractivity (Wildman–Crippen MR) is 108 cm³/mol. The average Bonchev–Trinajstić information content (AvgIpc) is 2.68. The quantitative estimate of drug-likeness (QED) is 0.679. The fourth-order valence-corrected chi connectivity index (χ4v) is 3.07. The summed E-state index contributed by atoms with van der Waals surface area (Å²) < 4.78 is 1.39. The first kappa shape index (κ1) is 18.6. The Balaban J connectivity index is 1.89. The van der Waals surface area contributed by atoms with Gasteiger partial charge in [-0.3, -0.25) is 14.4 Å². The molecule has 0 aliphatic heterocycles. The average molecular weight is 365 g/mol. The normalized spacial score (nSPS) is 12.1. The summed E-state index contributed by atoms with van der Waals surface area (Å²) in [4.78, 5) is 38.8.